The van der Waals surface area contributed by atoms with Crippen LogP contribution < -0.4 is 5.73 Å². The molecule has 2 N–H and O–H groups in total. The number of sulfonamides is 1. The molecule has 0 spiro atoms. The van der Waals surface area contributed by atoms with E-state index in [-0.39, 0.29) is 46.0 Å². The molecule has 124 valence electrons. The maximum Gasteiger partial charge on any atom is 0.243 e. The third-order valence-corrected chi connectivity index (χ3v) is 7.90. The van der Waals surface area contributed by atoms with Crippen molar-refractivity contribution in [1.29, 1.82) is 0 Å². The zero-order valence-electron chi connectivity index (χ0n) is 11.6. The van der Waals surface area contributed by atoms with Gasteiger partial charge in [0.1, 0.15) is 0 Å². The lowest BCUT2D eigenvalue weighted by molar-refractivity contribution is 0.347. The average Bonchev–Trinajstić information content (AvgIpc) is 2.78. The van der Waals surface area contributed by atoms with E-state index in [1.54, 1.807) is 0 Å². The molecule has 0 unspecified atom stereocenters. The second kappa shape index (κ2) is 6.62. The Labute approximate surface area is 140 Å². The first-order chi connectivity index (χ1) is 10.2. The van der Waals surface area contributed by atoms with Gasteiger partial charge in [0.25, 0.3) is 0 Å². The minimum atomic E-state index is -3.89. The van der Waals surface area contributed by atoms with Crippen LogP contribution in [-0.2, 0) is 19.9 Å². The van der Waals surface area contributed by atoms with Crippen molar-refractivity contribution in [2.45, 2.75) is 17.4 Å². The van der Waals surface area contributed by atoms with Gasteiger partial charge in [0, 0.05) is 19.1 Å². The van der Waals surface area contributed by atoms with E-state index in [9.17, 15) is 16.8 Å². The second-order valence-corrected chi connectivity index (χ2v) is 9.97. The number of nitrogens with two attached hydrogens (primary N) is 1. The predicted octanol–water partition coefficient (Wildman–Crippen LogP) is 1.13. The van der Waals surface area contributed by atoms with Crippen molar-refractivity contribution in [3.63, 3.8) is 0 Å². The van der Waals surface area contributed by atoms with Gasteiger partial charge in [0.15, 0.2) is 9.84 Å². The van der Waals surface area contributed by atoms with Gasteiger partial charge in [-0.1, -0.05) is 23.2 Å². The normalized spacial score (nSPS) is 21.4. The van der Waals surface area contributed by atoms with Gasteiger partial charge in [-0.15, -0.1) is 0 Å². The van der Waals surface area contributed by atoms with Crippen molar-refractivity contribution in [2.75, 3.05) is 24.6 Å². The molecular formula is C12H16Cl2N2O4S2. The monoisotopic (exact) mass is 386 g/mol. The van der Waals surface area contributed by atoms with E-state index < -0.39 is 25.9 Å². The molecule has 1 aromatic carbocycles. The summed E-state index contributed by atoms with van der Waals surface area (Å²) in [7, 11) is -7.10. The number of benzene rings is 1. The van der Waals surface area contributed by atoms with E-state index in [1.807, 2.05) is 0 Å². The third kappa shape index (κ3) is 3.74. The number of nitrogens with zero attached hydrogens (tertiary/aromatic N) is 1. The largest absolute Gasteiger partial charge is 0.329 e. The van der Waals surface area contributed by atoms with Crippen LogP contribution in [-0.4, -0.2) is 51.8 Å². The summed E-state index contributed by atoms with van der Waals surface area (Å²) in [5.41, 5.74) is 5.49. The molecule has 1 saturated heterocycles. The molecule has 1 aromatic rings. The minimum Gasteiger partial charge on any atom is -0.329 e. The number of hydrogen-bond acceptors (Lipinski definition) is 5. The molecule has 1 fully saturated rings. The molecule has 6 nitrogen and oxygen atoms in total. The van der Waals surface area contributed by atoms with Gasteiger partial charge in [-0.3, -0.25) is 0 Å². The molecule has 1 aliphatic heterocycles. The molecule has 1 atom stereocenters. The SMILES string of the molecule is NCCN([C@H]1CCS(=O)(=O)C1)S(=O)(=O)c1ccc(Cl)c(Cl)c1. The van der Waals surface area contributed by atoms with Gasteiger partial charge in [0.2, 0.25) is 10.0 Å². The van der Waals surface area contributed by atoms with Crippen molar-refractivity contribution in [3.8, 4) is 0 Å². The fraction of sp³-hybridized carbons (Fsp3) is 0.500. The molecule has 22 heavy (non-hydrogen) atoms. The van der Waals surface area contributed by atoms with Crippen LogP contribution in [0.3, 0.4) is 0 Å². The Morgan fingerprint density at radius 3 is 2.45 bits per heavy atom. The van der Waals surface area contributed by atoms with E-state index in [0.29, 0.717) is 0 Å². The Hall–Kier alpha value is -0.380. The van der Waals surface area contributed by atoms with E-state index in [1.165, 1.54) is 18.2 Å². The van der Waals surface area contributed by atoms with Crippen molar-refractivity contribution in [1.82, 2.24) is 4.31 Å². The van der Waals surface area contributed by atoms with Crippen LogP contribution in [0.4, 0.5) is 0 Å². The zero-order chi connectivity index (χ0) is 16.5. The molecule has 0 radical (unpaired) electrons. The molecule has 2 rings (SSSR count). The standard InChI is InChI=1S/C12H16Cl2N2O4S2/c13-11-2-1-10(7-12(11)14)22(19,20)16(5-4-15)9-3-6-21(17,18)8-9/h1-2,7,9H,3-6,8,15H2/t9-/m0/s1. The summed E-state index contributed by atoms with van der Waals surface area (Å²) in [6, 6.07) is 3.39. The Morgan fingerprint density at radius 1 is 1.27 bits per heavy atom. The summed E-state index contributed by atoms with van der Waals surface area (Å²) < 4.78 is 49.9. The first-order valence-corrected chi connectivity index (χ1v) is 10.6. The summed E-state index contributed by atoms with van der Waals surface area (Å²) in [6.45, 7) is 0.139. The predicted molar refractivity (Wildman–Crippen MR) is 86.5 cm³/mol. The molecule has 0 amide bonds. The van der Waals surface area contributed by atoms with Gasteiger partial charge >= 0.3 is 0 Å². The topological polar surface area (TPSA) is 97.5 Å². The van der Waals surface area contributed by atoms with E-state index in [4.69, 9.17) is 28.9 Å². The van der Waals surface area contributed by atoms with Gasteiger partial charge in [-0.05, 0) is 24.6 Å². The van der Waals surface area contributed by atoms with Crippen LogP contribution >= 0.6 is 23.2 Å². The fourth-order valence-corrected chi connectivity index (χ4v) is 6.29. The number of rotatable bonds is 5. The Balaban J connectivity index is 2.40. The molecule has 10 heteroatoms. The summed E-state index contributed by atoms with van der Waals surface area (Å²) in [5.74, 6) is -0.205. The highest BCUT2D eigenvalue weighted by atomic mass is 35.5. The smallest absolute Gasteiger partial charge is 0.243 e. The molecule has 0 bridgehead atoms. The molecule has 0 aliphatic carbocycles. The minimum absolute atomic E-state index is 0.0182. The molecule has 1 aliphatic rings. The maximum atomic E-state index is 12.8. The van der Waals surface area contributed by atoms with Crippen LogP contribution in [0.25, 0.3) is 0 Å². The van der Waals surface area contributed by atoms with E-state index >= 15 is 0 Å². The highest BCUT2D eigenvalue weighted by Crippen LogP contribution is 2.29. The lowest BCUT2D eigenvalue weighted by Crippen LogP contribution is -2.43. The van der Waals surface area contributed by atoms with Crippen molar-refractivity contribution >= 4 is 43.1 Å². The van der Waals surface area contributed by atoms with Crippen molar-refractivity contribution < 1.29 is 16.8 Å². The lowest BCUT2D eigenvalue weighted by Gasteiger charge is -2.27. The number of hydrogen-bond donors (Lipinski definition) is 1. The van der Waals surface area contributed by atoms with E-state index in [0.717, 1.165) is 4.31 Å². The average molecular weight is 387 g/mol. The van der Waals surface area contributed by atoms with Crippen LogP contribution in [0.2, 0.25) is 10.0 Å². The maximum absolute atomic E-state index is 12.8. The van der Waals surface area contributed by atoms with Gasteiger partial charge in [-0.25, -0.2) is 16.8 Å². The Morgan fingerprint density at radius 2 is 1.95 bits per heavy atom. The summed E-state index contributed by atoms with van der Waals surface area (Å²) in [4.78, 5) is -0.0281. The first kappa shape index (κ1) is 18.0. The highest BCUT2D eigenvalue weighted by Gasteiger charge is 2.38. The molecule has 0 aromatic heterocycles. The van der Waals surface area contributed by atoms with Crippen LogP contribution in [0.1, 0.15) is 6.42 Å². The Kier molecular flexibility index (Phi) is 5.41. The van der Waals surface area contributed by atoms with Crippen LogP contribution in [0.15, 0.2) is 23.1 Å². The van der Waals surface area contributed by atoms with E-state index in [2.05, 4.69) is 0 Å². The zero-order valence-corrected chi connectivity index (χ0v) is 14.7. The number of sulfone groups is 1. The number of halogens is 2. The highest BCUT2D eigenvalue weighted by molar-refractivity contribution is 7.92. The van der Waals surface area contributed by atoms with Gasteiger partial charge < -0.3 is 5.73 Å². The van der Waals surface area contributed by atoms with Gasteiger partial charge in [0.05, 0.1) is 26.4 Å². The van der Waals surface area contributed by atoms with Gasteiger partial charge in [-0.2, -0.15) is 4.31 Å². The summed E-state index contributed by atoms with van der Waals surface area (Å²) in [6.07, 6.45) is 0.267. The Bertz CT molecular complexity index is 765. The fourth-order valence-electron chi connectivity index (χ4n) is 2.40. The summed E-state index contributed by atoms with van der Waals surface area (Å²) in [5, 5.41) is 0.365. The van der Waals surface area contributed by atoms with Crippen molar-refractivity contribution in [2.24, 2.45) is 5.73 Å². The quantitative estimate of drug-likeness (QED) is 0.817. The third-order valence-electron chi connectivity index (χ3n) is 3.46. The van der Waals surface area contributed by atoms with Crippen LogP contribution in [0.5, 0.6) is 0 Å². The summed E-state index contributed by atoms with van der Waals surface area (Å²) >= 11 is 11.7. The second-order valence-electron chi connectivity index (χ2n) is 5.04. The molecular weight excluding hydrogens is 371 g/mol. The van der Waals surface area contributed by atoms with Crippen LogP contribution in [0, 0.1) is 0 Å². The first-order valence-electron chi connectivity index (χ1n) is 6.55. The molecule has 1 heterocycles. The lowest BCUT2D eigenvalue weighted by atomic mass is 10.2. The van der Waals surface area contributed by atoms with Crippen molar-refractivity contribution in [3.05, 3.63) is 28.2 Å². The molecule has 0 saturated carbocycles.